The van der Waals surface area contributed by atoms with Crippen LogP contribution in [-0.2, 0) is 9.47 Å². The van der Waals surface area contributed by atoms with Gasteiger partial charge in [-0.1, -0.05) is 25.2 Å². The van der Waals surface area contributed by atoms with E-state index in [9.17, 15) is 4.79 Å². The molecule has 0 spiro atoms. The molecule has 0 saturated heterocycles. The highest BCUT2D eigenvalue weighted by Crippen LogP contribution is 2.31. The predicted octanol–water partition coefficient (Wildman–Crippen LogP) is 4.16. The molecule has 0 unspecified atom stereocenters. The summed E-state index contributed by atoms with van der Waals surface area (Å²) in [4.78, 5) is 11.8. The third kappa shape index (κ3) is 5.55. The lowest BCUT2D eigenvalue weighted by molar-refractivity contribution is -0.0518. The van der Waals surface area contributed by atoms with Gasteiger partial charge >= 0.3 is 6.16 Å². The maximum Gasteiger partial charge on any atom is 0.509 e. The molecule has 0 N–H and O–H groups in total. The topological polar surface area (TPSA) is 35.5 Å². The number of hydrogen-bond acceptors (Lipinski definition) is 3. The summed E-state index contributed by atoms with van der Waals surface area (Å²) in [5, 5.41) is 0. The zero-order chi connectivity index (χ0) is 14.5. The third-order valence-electron chi connectivity index (χ3n) is 3.49. The molecule has 1 aliphatic rings. The van der Waals surface area contributed by atoms with Crippen LogP contribution >= 0.6 is 0 Å². The molecule has 0 amide bonds. The van der Waals surface area contributed by atoms with E-state index in [1.54, 1.807) is 0 Å². The van der Waals surface area contributed by atoms with Crippen molar-refractivity contribution in [3.05, 3.63) is 0 Å². The van der Waals surface area contributed by atoms with E-state index in [-0.39, 0.29) is 12.0 Å². The van der Waals surface area contributed by atoms with Crippen molar-refractivity contribution >= 4 is 6.16 Å². The van der Waals surface area contributed by atoms with E-state index in [4.69, 9.17) is 15.9 Å². The molecule has 1 rings (SSSR count). The van der Waals surface area contributed by atoms with Crippen LogP contribution in [0.2, 0.25) is 0 Å². The largest absolute Gasteiger partial charge is 0.509 e. The Morgan fingerprint density at radius 1 is 1.26 bits per heavy atom. The second-order valence-electron chi connectivity index (χ2n) is 6.40. The second kappa shape index (κ2) is 6.84. The van der Waals surface area contributed by atoms with Gasteiger partial charge in [0.05, 0.1) is 5.92 Å². The molecule has 1 aliphatic carbocycles. The van der Waals surface area contributed by atoms with Crippen molar-refractivity contribution in [3.8, 4) is 12.3 Å². The highest BCUT2D eigenvalue weighted by molar-refractivity contribution is 5.60. The summed E-state index contributed by atoms with van der Waals surface area (Å²) in [5.74, 6) is 2.99. The van der Waals surface area contributed by atoms with Gasteiger partial charge in [0.25, 0.3) is 0 Å². The van der Waals surface area contributed by atoms with E-state index < -0.39 is 11.8 Å². The average molecular weight is 266 g/mol. The maximum absolute atomic E-state index is 11.8. The third-order valence-corrected chi connectivity index (χ3v) is 3.49. The molecule has 0 aromatic carbocycles. The monoisotopic (exact) mass is 266 g/mol. The quantitative estimate of drug-likeness (QED) is 0.568. The van der Waals surface area contributed by atoms with Crippen molar-refractivity contribution in [1.82, 2.24) is 0 Å². The molecule has 108 valence electrons. The van der Waals surface area contributed by atoms with Crippen LogP contribution in [0.5, 0.6) is 0 Å². The van der Waals surface area contributed by atoms with Crippen molar-refractivity contribution in [2.75, 3.05) is 0 Å². The van der Waals surface area contributed by atoms with Crippen molar-refractivity contribution < 1.29 is 14.3 Å². The summed E-state index contributed by atoms with van der Waals surface area (Å²) < 4.78 is 10.7. The summed E-state index contributed by atoms with van der Waals surface area (Å²) in [5.41, 5.74) is -0.534. The molecule has 2 atom stereocenters. The highest BCUT2D eigenvalue weighted by Gasteiger charge is 2.32. The lowest BCUT2D eigenvalue weighted by atomic mass is 9.81. The van der Waals surface area contributed by atoms with Crippen molar-refractivity contribution in [1.29, 1.82) is 0 Å². The van der Waals surface area contributed by atoms with Gasteiger partial charge in [-0.15, -0.1) is 6.42 Å². The lowest BCUT2D eigenvalue weighted by Crippen LogP contribution is -2.36. The predicted molar refractivity (Wildman–Crippen MR) is 75.7 cm³/mol. The Kier molecular flexibility index (Phi) is 5.72. The Balaban J connectivity index is 2.64. The Labute approximate surface area is 117 Å². The number of hydrogen-bond donors (Lipinski definition) is 0. The molecule has 0 bridgehead atoms. The first kappa shape index (κ1) is 15.9. The van der Waals surface area contributed by atoms with E-state index in [1.807, 2.05) is 27.7 Å². The van der Waals surface area contributed by atoms with E-state index >= 15 is 0 Å². The van der Waals surface area contributed by atoms with Crippen LogP contribution < -0.4 is 0 Å². The van der Waals surface area contributed by atoms with Gasteiger partial charge in [0.2, 0.25) is 0 Å². The van der Waals surface area contributed by atoms with Crippen LogP contribution in [0, 0.1) is 24.2 Å². The fraction of sp³-hybridized carbons (Fsp3) is 0.812. The fourth-order valence-electron chi connectivity index (χ4n) is 2.55. The van der Waals surface area contributed by atoms with Crippen LogP contribution in [0.3, 0.4) is 0 Å². The summed E-state index contributed by atoms with van der Waals surface area (Å²) in [7, 11) is 0. The van der Waals surface area contributed by atoms with E-state index in [0.717, 1.165) is 12.8 Å². The maximum atomic E-state index is 11.8. The normalized spacial score (nSPS) is 20.2. The van der Waals surface area contributed by atoms with E-state index in [1.165, 1.54) is 19.3 Å². The standard InChI is InChI=1S/C16H26O3/c1-6-12(2)14(13-10-8-7-9-11-13)18-15(17)19-16(3,4)5/h1,12-14H,7-11H2,2-5H3/t12-,14-/m1/s1. The summed E-state index contributed by atoms with van der Waals surface area (Å²) in [6.07, 6.45) is 10.5. The highest BCUT2D eigenvalue weighted by atomic mass is 16.7. The molecule has 0 aromatic rings. The Bertz CT molecular complexity index is 329. The molecule has 0 radical (unpaired) electrons. The Hall–Kier alpha value is -1.17. The van der Waals surface area contributed by atoms with Crippen molar-refractivity contribution in [3.63, 3.8) is 0 Å². The summed E-state index contributed by atoms with van der Waals surface area (Å²) in [6.45, 7) is 7.42. The second-order valence-corrected chi connectivity index (χ2v) is 6.40. The fourth-order valence-corrected chi connectivity index (χ4v) is 2.55. The van der Waals surface area contributed by atoms with E-state index in [2.05, 4.69) is 5.92 Å². The van der Waals surface area contributed by atoms with Crippen LogP contribution in [0.25, 0.3) is 0 Å². The SMILES string of the molecule is C#C[C@@H](C)[C@@H](OC(=O)OC(C)(C)C)C1CCCCC1. The number of carbonyl (C=O) groups excluding carboxylic acids is 1. The van der Waals surface area contributed by atoms with Gasteiger partial charge in [0.15, 0.2) is 0 Å². The minimum atomic E-state index is -0.606. The molecular formula is C16H26O3. The number of rotatable bonds is 3. The van der Waals surface area contributed by atoms with Crippen LogP contribution in [0.15, 0.2) is 0 Å². The molecular weight excluding hydrogens is 240 g/mol. The summed E-state index contributed by atoms with van der Waals surface area (Å²) in [6, 6.07) is 0. The van der Waals surface area contributed by atoms with E-state index in [0.29, 0.717) is 5.92 Å². The number of carbonyl (C=O) groups is 1. The Morgan fingerprint density at radius 2 is 1.84 bits per heavy atom. The number of ether oxygens (including phenoxy) is 2. The van der Waals surface area contributed by atoms with Gasteiger partial charge in [-0.25, -0.2) is 4.79 Å². The number of terminal acetylenes is 1. The summed E-state index contributed by atoms with van der Waals surface area (Å²) >= 11 is 0. The van der Waals surface area contributed by atoms with Gasteiger partial charge in [-0.2, -0.15) is 0 Å². The van der Waals surface area contributed by atoms with Gasteiger partial charge < -0.3 is 9.47 Å². The van der Waals surface area contributed by atoms with Gasteiger partial charge in [0.1, 0.15) is 11.7 Å². The molecule has 0 aliphatic heterocycles. The minimum Gasteiger partial charge on any atom is -0.429 e. The molecule has 19 heavy (non-hydrogen) atoms. The molecule has 0 heterocycles. The lowest BCUT2D eigenvalue weighted by Gasteiger charge is -2.32. The van der Waals surface area contributed by atoms with Crippen LogP contribution in [-0.4, -0.2) is 17.9 Å². The van der Waals surface area contributed by atoms with Crippen LogP contribution in [0.1, 0.15) is 59.8 Å². The molecule has 3 nitrogen and oxygen atoms in total. The van der Waals surface area contributed by atoms with Crippen LogP contribution in [0.4, 0.5) is 4.79 Å². The van der Waals surface area contributed by atoms with Gasteiger partial charge in [-0.3, -0.25) is 0 Å². The average Bonchev–Trinajstić information content (AvgIpc) is 2.34. The van der Waals surface area contributed by atoms with Crippen molar-refractivity contribution in [2.45, 2.75) is 71.5 Å². The van der Waals surface area contributed by atoms with Gasteiger partial charge in [0, 0.05) is 0 Å². The molecule has 0 aromatic heterocycles. The first-order valence-electron chi connectivity index (χ1n) is 7.19. The smallest absolute Gasteiger partial charge is 0.429 e. The zero-order valence-electron chi connectivity index (χ0n) is 12.6. The molecule has 1 saturated carbocycles. The minimum absolute atomic E-state index is 0.0735. The first-order valence-corrected chi connectivity index (χ1v) is 7.19. The van der Waals surface area contributed by atoms with Crippen molar-refractivity contribution in [2.24, 2.45) is 11.8 Å². The molecule has 1 fully saturated rings. The first-order chi connectivity index (χ1) is 8.83. The zero-order valence-corrected chi connectivity index (χ0v) is 12.6. The molecule has 3 heteroatoms. The van der Waals surface area contributed by atoms with Gasteiger partial charge in [-0.05, 0) is 46.5 Å². The Morgan fingerprint density at radius 3 is 2.32 bits per heavy atom.